The topological polar surface area (TPSA) is 73.2 Å². The largest absolute Gasteiger partial charge is 0.355 e. The number of hydrogen-bond acceptors (Lipinski definition) is 2. The number of rotatable bonds is 0. The van der Waals surface area contributed by atoms with Crippen LogP contribution in [0.2, 0.25) is 0 Å². The minimum atomic E-state index is 0.939. The average molecular weight is 478 g/mol. The van der Waals surface area contributed by atoms with Crippen LogP contribution < -0.4 is 0 Å². The predicted octanol–water partition coefficient (Wildman–Crippen LogP) is 7.98. The first-order chi connectivity index (χ1) is 18.2. The van der Waals surface area contributed by atoms with Gasteiger partial charge in [-0.15, -0.1) is 0 Å². The smallest absolute Gasteiger partial charge is 0.0658 e. The summed E-state index contributed by atoms with van der Waals surface area (Å²) in [6, 6.07) is 33.1. The number of fused-ring (bicyclic) bond motifs is 11. The van der Waals surface area contributed by atoms with E-state index in [4.69, 9.17) is 0 Å². The van der Waals surface area contributed by atoms with Crippen molar-refractivity contribution < 1.29 is 0 Å². The van der Waals surface area contributed by atoms with Gasteiger partial charge in [-0.25, -0.2) is 9.97 Å². The van der Waals surface area contributed by atoms with Gasteiger partial charge in [0.15, 0.2) is 0 Å². The van der Waals surface area contributed by atoms with E-state index in [1.54, 1.807) is 0 Å². The van der Waals surface area contributed by atoms with E-state index in [1.807, 2.05) is 48.6 Å². The lowest BCUT2D eigenvalue weighted by molar-refractivity contribution is 1.31. The van der Waals surface area contributed by atoms with Crippen LogP contribution in [0, 0.1) is 0 Å². The standard InChI is InChI=1S/C20H14N4.C12H9N/c1-2-14-10-16-5-6-18(23-16)12-20-8-7-19(24-20)11-17-4-3-15(22-17)9-13(1)21-14;1-3-7-11-9(5-1)10-6-2-4-8-12(10)13-11/h1-12,21,24H;1-8,13H. The highest BCUT2D eigenvalue weighted by atomic mass is 14.8. The van der Waals surface area contributed by atoms with Gasteiger partial charge in [0.25, 0.3) is 0 Å². The van der Waals surface area contributed by atoms with Gasteiger partial charge in [0.1, 0.15) is 0 Å². The highest BCUT2D eigenvalue weighted by Gasteiger charge is 2.02. The first kappa shape index (κ1) is 21.1. The predicted molar refractivity (Wildman–Crippen MR) is 155 cm³/mol. The molecule has 0 radical (unpaired) electrons. The molecule has 2 aliphatic heterocycles. The normalized spacial score (nSPS) is 12.1. The van der Waals surface area contributed by atoms with Crippen LogP contribution >= 0.6 is 0 Å². The maximum Gasteiger partial charge on any atom is 0.0658 e. The fourth-order valence-corrected chi connectivity index (χ4v) is 4.74. The molecule has 37 heavy (non-hydrogen) atoms. The molecule has 6 heterocycles. The Hall–Kier alpha value is -5.16. The van der Waals surface area contributed by atoms with Gasteiger partial charge < -0.3 is 15.0 Å². The molecule has 8 rings (SSSR count). The van der Waals surface area contributed by atoms with Gasteiger partial charge in [0.2, 0.25) is 0 Å². The van der Waals surface area contributed by atoms with Gasteiger partial charge in [-0.3, -0.25) is 0 Å². The van der Waals surface area contributed by atoms with Crippen molar-refractivity contribution in [1.82, 2.24) is 24.9 Å². The molecular formula is C32H23N5. The Balaban J connectivity index is 0.000000149. The molecular weight excluding hydrogens is 454 g/mol. The van der Waals surface area contributed by atoms with Gasteiger partial charge in [-0.05, 0) is 85.0 Å². The summed E-state index contributed by atoms with van der Waals surface area (Å²) in [6.45, 7) is 0. The molecule has 0 aliphatic carbocycles. The van der Waals surface area contributed by atoms with E-state index in [-0.39, 0.29) is 0 Å². The third-order valence-corrected chi connectivity index (χ3v) is 6.46. The van der Waals surface area contributed by atoms with Crippen molar-refractivity contribution in [3.05, 3.63) is 120 Å². The van der Waals surface area contributed by atoms with Crippen LogP contribution in [0.3, 0.4) is 0 Å². The summed E-state index contributed by atoms with van der Waals surface area (Å²) in [5.74, 6) is 0. The molecule has 0 atom stereocenters. The molecule has 3 N–H and O–H groups in total. The Labute approximate surface area is 212 Å². The first-order valence-electron chi connectivity index (χ1n) is 12.3. The maximum atomic E-state index is 4.63. The van der Waals surface area contributed by atoms with Crippen molar-refractivity contribution >= 4 is 68.2 Å². The van der Waals surface area contributed by atoms with E-state index in [9.17, 15) is 0 Å². The van der Waals surface area contributed by atoms with Gasteiger partial charge >= 0.3 is 0 Å². The monoisotopic (exact) mass is 477 g/mol. The summed E-state index contributed by atoms with van der Waals surface area (Å²) < 4.78 is 0. The number of para-hydroxylation sites is 2. The second-order valence-electron chi connectivity index (χ2n) is 9.12. The molecule has 0 saturated carbocycles. The minimum Gasteiger partial charge on any atom is -0.355 e. The van der Waals surface area contributed by atoms with Crippen molar-refractivity contribution in [2.24, 2.45) is 0 Å². The molecule has 0 unspecified atom stereocenters. The van der Waals surface area contributed by atoms with E-state index < -0.39 is 0 Å². The molecule has 8 bridgehead atoms. The average Bonchev–Trinajstić information content (AvgIpc) is 3.73. The molecule has 0 spiro atoms. The third kappa shape index (κ3) is 4.34. The van der Waals surface area contributed by atoms with Crippen molar-refractivity contribution in [3.63, 3.8) is 0 Å². The zero-order valence-corrected chi connectivity index (χ0v) is 19.9. The molecule has 5 heteroatoms. The first-order valence-corrected chi connectivity index (χ1v) is 12.3. The number of nitrogens with one attached hydrogen (secondary N) is 3. The zero-order valence-electron chi connectivity index (χ0n) is 19.9. The van der Waals surface area contributed by atoms with Gasteiger partial charge in [0, 0.05) is 43.9 Å². The number of aromatic amines is 3. The van der Waals surface area contributed by atoms with Crippen molar-refractivity contribution in [2.45, 2.75) is 0 Å². The molecule has 6 aromatic rings. The fourth-order valence-electron chi connectivity index (χ4n) is 4.74. The van der Waals surface area contributed by atoms with Crippen molar-refractivity contribution in [1.29, 1.82) is 0 Å². The summed E-state index contributed by atoms with van der Waals surface area (Å²) in [7, 11) is 0. The van der Waals surface area contributed by atoms with E-state index in [1.165, 1.54) is 21.8 Å². The Morgan fingerprint density at radius 2 is 0.730 bits per heavy atom. The molecule has 176 valence electrons. The molecule has 0 fully saturated rings. The summed E-state index contributed by atoms with van der Waals surface area (Å²) >= 11 is 0. The highest BCUT2D eigenvalue weighted by molar-refractivity contribution is 6.07. The Kier molecular flexibility index (Phi) is 5.03. The number of nitrogens with zero attached hydrogens (tertiary/aromatic N) is 2. The number of benzene rings is 2. The minimum absolute atomic E-state index is 0.939. The number of H-pyrrole nitrogens is 3. The van der Waals surface area contributed by atoms with E-state index in [0.717, 1.165) is 44.8 Å². The quantitative estimate of drug-likeness (QED) is 0.207. The van der Waals surface area contributed by atoms with Crippen molar-refractivity contribution in [3.8, 4) is 0 Å². The third-order valence-electron chi connectivity index (χ3n) is 6.46. The van der Waals surface area contributed by atoms with Crippen LogP contribution in [0.1, 0.15) is 22.8 Å². The van der Waals surface area contributed by atoms with Crippen molar-refractivity contribution in [2.75, 3.05) is 0 Å². The van der Waals surface area contributed by atoms with Crippen LogP contribution in [0.15, 0.2) is 97.1 Å². The van der Waals surface area contributed by atoms with E-state index in [0.29, 0.717) is 0 Å². The molecule has 2 aliphatic rings. The SMILES string of the molecule is C1=Cc2cc3ccc(cc4nc(cc5ccc(cc1n2)[nH]5)C=C4)[nH]3.c1ccc2c(c1)[nH]c1ccccc12. The highest BCUT2D eigenvalue weighted by Crippen LogP contribution is 2.24. The van der Waals surface area contributed by atoms with Crippen LogP contribution in [0.25, 0.3) is 68.2 Å². The fraction of sp³-hybridized carbons (Fsp3) is 0. The summed E-state index contributed by atoms with van der Waals surface area (Å²) in [5.41, 5.74) is 10.3. The maximum absolute atomic E-state index is 4.63. The Morgan fingerprint density at radius 3 is 1.11 bits per heavy atom. The summed E-state index contributed by atoms with van der Waals surface area (Å²) in [6.07, 6.45) is 8.09. The van der Waals surface area contributed by atoms with Gasteiger partial charge in [-0.1, -0.05) is 36.4 Å². The molecule has 0 saturated heterocycles. The Morgan fingerprint density at radius 1 is 0.378 bits per heavy atom. The second kappa shape index (κ2) is 8.81. The summed E-state index contributed by atoms with van der Waals surface area (Å²) in [4.78, 5) is 19.4. The molecule has 0 amide bonds. The van der Waals surface area contributed by atoms with Gasteiger partial charge in [0.05, 0.1) is 22.8 Å². The summed E-state index contributed by atoms with van der Waals surface area (Å²) in [5, 5.41) is 2.61. The van der Waals surface area contributed by atoms with Crippen LogP contribution in [0.5, 0.6) is 0 Å². The van der Waals surface area contributed by atoms with E-state index >= 15 is 0 Å². The lowest BCUT2D eigenvalue weighted by atomic mass is 10.2. The zero-order chi connectivity index (χ0) is 24.6. The van der Waals surface area contributed by atoms with E-state index in [2.05, 4.69) is 97.7 Å². The van der Waals surface area contributed by atoms with Crippen LogP contribution in [-0.2, 0) is 0 Å². The lowest BCUT2D eigenvalue weighted by Gasteiger charge is -1.87. The van der Waals surface area contributed by atoms with Gasteiger partial charge in [-0.2, -0.15) is 0 Å². The lowest BCUT2D eigenvalue weighted by Crippen LogP contribution is -1.75. The second-order valence-corrected chi connectivity index (χ2v) is 9.12. The van der Waals surface area contributed by atoms with Crippen LogP contribution in [0.4, 0.5) is 0 Å². The Bertz CT molecular complexity index is 1770. The molecule has 2 aromatic carbocycles. The molecule has 4 aromatic heterocycles. The number of hydrogen-bond donors (Lipinski definition) is 3. The number of aromatic nitrogens is 5. The van der Waals surface area contributed by atoms with Crippen LogP contribution in [-0.4, -0.2) is 24.9 Å². The molecule has 5 nitrogen and oxygen atoms in total.